The van der Waals surface area contributed by atoms with E-state index in [0.29, 0.717) is 6.54 Å². The summed E-state index contributed by atoms with van der Waals surface area (Å²) in [5.41, 5.74) is 7.33. The molecule has 106 valence electrons. The Bertz CT molecular complexity index is 427. The number of anilines is 1. The molecule has 1 amide bonds. The van der Waals surface area contributed by atoms with E-state index >= 15 is 0 Å². The molecule has 0 spiro atoms. The molecule has 0 saturated heterocycles. The van der Waals surface area contributed by atoms with Crippen molar-refractivity contribution in [2.75, 3.05) is 12.3 Å². The second-order valence-electron chi connectivity index (χ2n) is 5.71. The molecule has 3 nitrogen and oxygen atoms in total. The minimum Gasteiger partial charge on any atom is -0.399 e. The van der Waals surface area contributed by atoms with Gasteiger partial charge in [-0.05, 0) is 30.5 Å². The van der Waals surface area contributed by atoms with E-state index in [1.54, 1.807) is 0 Å². The van der Waals surface area contributed by atoms with Crippen LogP contribution in [0.25, 0.3) is 0 Å². The van der Waals surface area contributed by atoms with Gasteiger partial charge < -0.3 is 10.6 Å². The van der Waals surface area contributed by atoms with Crippen molar-refractivity contribution >= 4 is 11.6 Å². The number of rotatable bonds is 6. The third-order valence-electron chi connectivity index (χ3n) is 3.57. The average molecular weight is 262 g/mol. The standard InChI is InChI=1S/C16H26N2O/c1-5-10-18(15(19)16(3,4)6-2)12-13-8-7-9-14(17)11-13/h7-9,11H,5-6,10,12,17H2,1-4H3. The molecule has 3 heteroatoms. The lowest BCUT2D eigenvalue weighted by Gasteiger charge is -2.31. The quantitative estimate of drug-likeness (QED) is 0.798. The number of amides is 1. The molecule has 0 aliphatic heterocycles. The monoisotopic (exact) mass is 262 g/mol. The smallest absolute Gasteiger partial charge is 0.228 e. The van der Waals surface area contributed by atoms with Crippen molar-refractivity contribution in [2.24, 2.45) is 5.41 Å². The second kappa shape index (κ2) is 6.60. The fourth-order valence-electron chi connectivity index (χ4n) is 2.01. The van der Waals surface area contributed by atoms with Crippen molar-refractivity contribution in [3.8, 4) is 0 Å². The molecule has 0 radical (unpaired) electrons. The third kappa shape index (κ3) is 4.27. The van der Waals surface area contributed by atoms with Crippen molar-refractivity contribution in [2.45, 2.75) is 47.1 Å². The van der Waals surface area contributed by atoms with Gasteiger partial charge in [0.05, 0.1) is 0 Å². The lowest BCUT2D eigenvalue weighted by Crippen LogP contribution is -2.40. The lowest BCUT2D eigenvalue weighted by atomic mass is 9.88. The van der Waals surface area contributed by atoms with Crippen LogP contribution in [-0.2, 0) is 11.3 Å². The zero-order valence-electron chi connectivity index (χ0n) is 12.6. The van der Waals surface area contributed by atoms with Crippen molar-refractivity contribution in [1.82, 2.24) is 4.90 Å². The first-order chi connectivity index (χ1) is 8.90. The molecule has 0 unspecified atom stereocenters. The Kier molecular flexibility index (Phi) is 5.40. The van der Waals surface area contributed by atoms with Gasteiger partial charge in [-0.3, -0.25) is 4.79 Å². The lowest BCUT2D eigenvalue weighted by molar-refractivity contribution is -0.141. The van der Waals surface area contributed by atoms with E-state index < -0.39 is 0 Å². The number of carbonyl (C=O) groups is 1. The van der Waals surface area contributed by atoms with Gasteiger partial charge in [-0.15, -0.1) is 0 Å². The van der Waals surface area contributed by atoms with Crippen molar-refractivity contribution in [3.05, 3.63) is 29.8 Å². The van der Waals surface area contributed by atoms with Crippen LogP contribution in [0, 0.1) is 5.41 Å². The van der Waals surface area contributed by atoms with Crippen LogP contribution >= 0.6 is 0 Å². The largest absolute Gasteiger partial charge is 0.399 e. The SMILES string of the molecule is CCCN(Cc1cccc(N)c1)C(=O)C(C)(C)CC. The number of nitrogen functional groups attached to an aromatic ring is 1. The number of carbonyl (C=O) groups excluding carboxylic acids is 1. The number of benzene rings is 1. The predicted octanol–water partition coefficient (Wildman–Crippen LogP) is 3.44. The Balaban J connectivity index is 2.86. The summed E-state index contributed by atoms with van der Waals surface area (Å²) in [6.07, 6.45) is 1.82. The topological polar surface area (TPSA) is 46.3 Å². The van der Waals surface area contributed by atoms with E-state index in [1.165, 1.54) is 0 Å². The molecule has 1 rings (SSSR count). The van der Waals surface area contributed by atoms with Crippen LogP contribution in [0.4, 0.5) is 5.69 Å². The molecule has 0 saturated carbocycles. The summed E-state index contributed by atoms with van der Waals surface area (Å²) in [7, 11) is 0. The molecule has 1 aromatic carbocycles. The molecule has 0 bridgehead atoms. The molecule has 0 aliphatic rings. The van der Waals surface area contributed by atoms with Crippen molar-refractivity contribution in [1.29, 1.82) is 0 Å². The minimum atomic E-state index is -0.296. The number of hydrogen-bond donors (Lipinski definition) is 1. The highest BCUT2D eigenvalue weighted by molar-refractivity contribution is 5.81. The highest BCUT2D eigenvalue weighted by atomic mass is 16.2. The summed E-state index contributed by atoms with van der Waals surface area (Å²) in [6.45, 7) is 9.61. The molecule has 0 aliphatic carbocycles. The molecular weight excluding hydrogens is 236 g/mol. The van der Waals surface area contributed by atoms with Gasteiger partial charge in [-0.2, -0.15) is 0 Å². The van der Waals surface area contributed by atoms with E-state index in [2.05, 4.69) is 13.8 Å². The van der Waals surface area contributed by atoms with Crippen molar-refractivity contribution < 1.29 is 4.79 Å². The molecule has 0 atom stereocenters. The van der Waals surface area contributed by atoms with Crippen LogP contribution in [0.2, 0.25) is 0 Å². The predicted molar refractivity (Wildman–Crippen MR) is 80.6 cm³/mol. The van der Waals surface area contributed by atoms with E-state index in [9.17, 15) is 4.79 Å². The fourth-order valence-corrected chi connectivity index (χ4v) is 2.01. The van der Waals surface area contributed by atoms with Crippen LogP contribution in [0.3, 0.4) is 0 Å². The zero-order valence-corrected chi connectivity index (χ0v) is 12.6. The van der Waals surface area contributed by atoms with Gasteiger partial charge in [0, 0.05) is 24.2 Å². The summed E-state index contributed by atoms with van der Waals surface area (Å²) in [4.78, 5) is 14.5. The molecule has 0 fully saturated rings. The molecule has 0 aromatic heterocycles. The van der Waals surface area contributed by atoms with Gasteiger partial charge in [0.2, 0.25) is 5.91 Å². The molecule has 1 aromatic rings. The van der Waals surface area contributed by atoms with Gasteiger partial charge in [0.15, 0.2) is 0 Å². The first kappa shape index (κ1) is 15.5. The molecule has 2 N–H and O–H groups in total. The third-order valence-corrected chi connectivity index (χ3v) is 3.57. The zero-order chi connectivity index (χ0) is 14.5. The summed E-state index contributed by atoms with van der Waals surface area (Å²) in [6, 6.07) is 7.76. The summed E-state index contributed by atoms with van der Waals surface area (Å²) in [5.74, 6) is 0.222. The van der Waals surface area contributed by atoms with E-state index in [-0.39, 0.29) is 11.3 Å². The Labute approximate surface area is 116 Å². The first-order valence-corrected chi connectivity index (χ1v) is 7.04. The van der Waals surface area contributed by atoms with E-state index in [1.807, 2.05) is 43.0 Å². The first-order valence-electron chi connectivity index (χ1n) is 7.04. The van der Waals surface area contributed by atoms with Crippen LogP contribution in [0.5, 0.6) is 0 Å². The minimum absolute atomic E-state index is 0.222. The number of hydrogen-bond acceptors (Lipinski definition) is 2. The van der Waals surface area contributed by atoms with Gasteiger partial charge in [0.25, 0.3) is 0 Å². The number of nitrogens with zero attached hydrogens (tertiary/aromatic N) is 1. The number of nitrogens with two attached hydrogens (primary N) is 1. The van der Waals surface area contributed by atoms with E-state index in [4.69, 9.17) is 5.73 Å². The normalized spacial score (nSPS) is 11.4. The van der Waals surface area contributed by atoms with Crippen LogP contribution < -0.4 is 5.73 Å². The Morgan fingerprint density at radius 1 is 1.32 bits per heavy atom. The highest BCUT2D eigenvalue weighted by Gasteiger charge is 2.29. The molecule has 19 heavy (non-hydrogen) atoms. The summed E-state index contributed by atoms with van der Waals surface area (Å²) >= 11 is 0. The van der Waals surface area contributed by atoms with Gasteiger partial charge in [0.1, 0.15) is 0 Å². The van der Waals surface area contributed by atoms with Crippen LogP contribution in [-0.4, -0.2) is 17.4 Å². The second-order valence-corrected chi connectivity index (χ2v) is 5.71. The van der Waals surface area contributed by atoms with Gasteiger partial charge in [-0.25, -0.2) is 0 Å². The summed E-state index contributed by atoms with van der Waals surface area (Å²) in [5, 5.41) is 0. The Morgan fingerprint density at radius 3 is 2.53 bits per heavy atom. The summed E-state index contributed by atoms with van der Waals surface area (Å²) < 4.78 is 0. The maximum absolute atomic E-state index is 12.6. The van der Waals surface area contributed by atoms with Gasteiger partial charge in [-0.1, -0.05) is 39.8 Å². The van der Waals surface area contributed by atoms with Crippen LogP contribution in [0.1, 0.15) is 46.1 Å². The Hall–Kier alpha value is -1.51. The highest BCUT2D eigenvalue weighted by Crippen LogP contribution is 2.24. The average Bonchev–Trinajstić information content (AvgIpc) is 2.37. The Morgan fingerprint density at radius 2 is 2.00 bits per heavy atom. The molecular formula is C16H26N2O. The van der Waals surface area contributed by atoms with Crippen LogP contribution in [0.15, 0.2) is 24.3 Å². The maximum atomic E-state index is 12.6. The van der Waals surface area contributed by atoms with Gasteiger partial charge >= 0.3 is 0 Å². The van der Waals surface area contributed by atoms with E-state index in [0.717, 1.165) is 30.6 Å². The molecule has 0 heterocycles. The maximum Gasteiger partial charge on any atom is 0.228 e. The van der Waals surface area contributed by atoms with Crippen molar-refractivity contribution in [3.63, 3.8) is 0 Å². The fraction of sp³-hybridized carbons (Fsp3) is 0.562.